The van der Waals surface area contributed by atoms with Gasteiger partial charge in [0.1, 0.15) is 16.7 Å². The highest BCUT2D eigenvalue weighted by Crippen LogP contribution is 2.44. The van der Waals surface area contributed by atoms with E-state index < -0.39 is 0 Å². The van der Waals surface area contributed by atoms with Gasteiger partial charge >= 0.3 is 0 Å². The lowest BCUT2D eigenvalue weighted by molar-refractivity contribution is 0.669. The summed E-state index contributed by atoms with van der Waals surface area (Å²) in [4.78, 5) is 2.27. The number of hydrogen-bond donors (Lipinski definition) is 0. The molecule has 11 aromatic rings. The van der Waals surface area contributed by atoms with Gasteiger partial charge in [0.2, 0.25) is 0 Å². The number of hydrogen-bond acceptors (Lipinski definition) is 3. The molecule has 0 bridgehead atoms. The number of anilines is 3. The average Bonchev–Trinajstić information content (AvgIpc) is 3.83. The van der Waals surface area contributed by atoms with Crippen molar-refractivity contribution in [1.82, 2.24) is 0 Å². The Kier molecular flexibility index (Phi) is 7.17. The lowest BCUT2D eigenvalue weighted by atomic mass is 9.94. The fraction of sp³-hybridized carbons (Fsp3) is 0. The first-order chi connectivity index (χ1) is 27.3. The maximum absolute atomic E-state index is 6.72. The van der Waals surface area contributed by atoms with Gasteiger partial charge in [-0.05, 0) is 93.4 Å². The molecule has 0 saturated heterocycles. The van der Waals surface area contributed by atoms with E-state index in [1.54, 1.807) is 0 Å². The van der Waals surface area contributed by atoms with E-state index in [2.05, 4.69) is 187 Å². The van der Waals surface area contributed by atoms with E-state index in [9.17, 15) is 0 Å². The zero-order valence-corrected chi connectivity index (χ0v) is 29.8. The normalized spacial score (nSPS) is 11.6. The molecule has 0 saturated carbocycles. The van der Waals surface area contributed by atoms with Crippen molar-refractivity contribution in [3.63, 3.8) is 0 Å². The third-order valence-corrected chi connectivity index (χ3v) is 10.9. The van der Waals surface area contributed by atoms with Crippen LogP contribution in [0.2, 0.25) is 0 Å². The number of para-hydroxylation sites is 3. The SMILES string of the molecule is c1ccc(-c2ccc(-c3cc4c5ccc(-c6ccc(N(c7ccccc7)c7cccc8c7oc7ccccc78)cc6)cc5oc4c4ccccc34)cc2)cc1. The topological polar surface area (TPSA) is 29.5 Å². The summed E-state index contributed by atoms with van der Waals surface area (Å²) in [5, 5.41) is 6.74. The summed E-state index contributed by atoms with van der Waals surface area (Å²) in [6.07, 6.45) is 0. The molecule has 0 N–H and O–H groups in total. The molecule has 0 amide bonds. The Morgan fingerprint density at radius 3 is 1.62 bits per heavy atom. The Morgan fingerprint density at radius 2 is 0.818 bits per heavy atom. The molecule has 0 atom stereocenters. The van der Waals surface area contributed by atoms with Crippen molar-refractivity contribution >= 4 is 71.7 Å². The van der Waals surface area contributed by atoms with Crippen molar-refractivity contribution in [2.75, 3.05) is 4.90 Å². The van der Waals surface area contributed by atoms with Crippen LogP contribution in [0.3, 0.4) is 0 Å². The van der Waals surface area contributed by atoms with E-state index in [-0.39, 0.29) is 0 Å². The van der Waals surface area contributed by atoms with Crippen LogP contribution in [0.1, 0.15) is 0 Å². The van der Waals surface area contributed by atoms with Crippen LogP contribution in [0.15, 0.2) is 209 Å². The summed E-state index contributed by atoms with van der Waals surface area (Å²) >= 11 is 0. The van der Waals surface area contributed by atoms with Gasteiger partial charge in [-0.2, -0.15) is 0 Å². The van der Waals surface area contributed by atoms with Gasteiger partial charge in [-0.1, -0.05) is 146 Å². The van der Waals surface area contributed by atoms with Gasteiger partial charge in [-0.25, -0.2) is 0 Å². The van der Waals surface area contributed by atoms with Crippen molar-refractivity contribution in [1.29, 1.82) is 0 Å². The Hall–Kier alpha value is -7.36. The zero-order chi connectivity index (χ0) is 36.3. The highest BCUT2D eigenvalue weighted by atomic mass is 16.3. The molecule has 3 heteroatoms. The average molecular weight is 704 g/mol. The largest absolute Gasteiger partial charge is 0.455 e. The summed E-state index contributed by atoms with van der Waals surface area (Å²) in [6, 6.07) is 70.8. The molecule has 0 aliphatic carbocycles. The predicted octanol–water partition coefficient (Wildman–Crippen LogP) is 15.1. The summed E-state index contributed by atoms with van der Waals surface area (Å²) in [5.74, 6) is 0. The van der Waals surface area contributed by atoms with Crippen LogP contribution in [0.4, 0.5) is 17.1 Å². The standard InChI is InChI=1S/C52H33NO2/c1-3-12-34(13-4-1)35-22-24-37(25-23-35)46-33-47-43-31-28-38(32-50(43)55-51(47)44-18-8-7-16-41(44)46)36-26-29-40(30-27-36)53(39-14-5-2-6-15-39)48-20-11-19-45-42-17-9-10-21-49(42)54-52(45)48/h1-33H. The van der Waals surface area contributed by atoms with Crippen LogP contribution in [0.25, 0.3) is 88.0 Å². The molecule has 0 aliphatic rings. The zero-order valence-electron chi connectivity index (χ0n) is 29.8. The lowest BCUT2D eigenvalue weighted by Gasteiger charge is -2.25. The monoisotopic (exact) mass is 703 g/mol. The van der Waals surface area contributed by atoms with Gasteiger partial charge < -0.3 is 13.7 Å². The van der Waals surface area contributed by atoms with Crippen molar-refractivity contribution < 1.29 is 8.83 Å². The maximum Gasteiger partial charge on any atom is 0.159 e. The summed E-state index contributed by atoms with van der Waals surface area (Å²) in [7, 11) is 0. The number of benzene rings is 9. The first-order valence-electron chi connectivity index (χ1n) is 18.7. The van der Waals surface area contributed by atoms with Crippen LogP contribution in [0, 0.1) is 0 Å². The smallest absolute Gasteiger partial charge is 0.159 e. The molecule has 0 spiro atoms. The van der Waals surface area contributed by atoms with Crippen molar-refractivity contribution in [3.8, 4) is 33.4 Å². The summed E-state index contributed by atoms with van der Waals surface area (Å²) in [5.41, 5.74) is 13.7. The first kappa shape index (κ1) is 31.2. The van der Waals surface area contributed by atoms with Gasteiger partial charge in [0.15, 0.2) is 5.58 Å². The number of nitrogens with zero attached hydrogens (tertiary/aromatic N) is 1. The fourth-order valence-corrected chi connectivity index (χ4v) is 8.20. The van der Waals surface area contributed by atoms with Gasteiger partial charge in [-0.15, -0.1) is 0 Å². The molecule has 2 heterocycles. The van der Waals surface area contributed by atoms with Crippen molar-refractivity contribution in [2.45, 2.75) is 0 Å². The van der Waals surface area contributed by atoms with Gasteiger partial charge in [0, 0.05) is 38.3 Å². The molecule has 3 nitrogen and oxygen atoms in total. The highest BCUT2D eigenvalue weighted by Gasteiger charge is 2.20. The van der Waals surface area contributed by atoms with E-state index in [4.69, 9.17) is 8.83 Å². The summed E-state index contributed by atoms with van der Waals surface area (Å²) in [6.45, 7) is 0. The second-order valence-corrected chi connectivity index (χ2v) is 14.1. The van der Waals surface area contributed by atoms with E-state index in [1.165, 1.54) is 27.6 Å². The predicted molar refractivity (Wildman–Crippen MR) is 229 cm³/mol. The van der Waals surface area contributed by atoms with E-state index >= 15 is 0 Å². The van der Waals surface area contributed by atoms with Crippen LogP contribution in [-0.4, -0.2) is 0 Å². The van der Waals surface area contributed by atoms with Crippen LogP contribution < -0.4 is 4.90 Å². The molecule has 0 fully saturated rings. The summed E-state index contributed by atoms with van der Waals surface area (Å²) < 4.78 is 13.2. The fourth-order valence-electron chi connectivity index (χ4n) is 8.20. The second kappa shape index (κ2) is 12.6. The number of furan rings is 2. The van der Waals surface area contributed by atoms with E-state index in [0.29, 0.717) is 0 Å². The molecule has 258 valence electrons. The lowest BCUT2D eigenvalue weighted by Crippen LogP contribution is -2.10. The van der Waals surface area contributed by atoms with Crippen LogP contribution in [0.5, 0.6) is 0 Å². The van der Waals surface area contributed by atoms with Crippen LogP contribution >= 0.6 is 0 Å². The van der Waals surface area contributed by atoms with Gasteiger partial charge in [0.05, 0.1) is 5.69 Å². The number of rotatable bonds is 6. The molecule has 55 heavy (non-hydrogen) atoms. The minimum atomic E-state index is 0.867. The number of fused-ring (bicyclic) bond motifs is 8. The molecule has 0 radical (unpaired) electrons. The third kappa shape index (κ3) is 5.20. The molecule has 2 aromatic heterocycles. The maximum atomic E-state index is 6.72. The van der Waals surface area contributed by atoms with E-state index in [0.717, 1.165) is 77.5 Å². The van der Waals surface area contributed by atoms with Crippen molar-refractivity contribution in [3.05, 3.63) is 200 Å². The van der Waals surface area contributed by atoms with Gasteiger partial charge in [0.25, 0.3) is 0 Å². The molecular weight excluding hydrogens is 671 g/mol. The van der Waals surface area contributed by atoms with Gasteiger partial charge in [-0.3, -0.25) is 0 Å². The minimum Gasteiger partial charge on any atom is -0.455 e. The Labute approximate surface area is 317 Å². The molecule has 0 aliphatic heterocycles. The highest BCUT2D eigenvalue weighted by molar-refractivity contribution is 6.19. The Morgan fingerprint density at radius 1 is 0.291 bits per heavy atom. The minimum absolute atomic E-state index is 0.867. The quantitative estimate of drug-likeness (QED) is 0.173. The van der Waals surface area contributed by atoms with Crippen LogP contribution in [-0.2, 0) is 0 Å². The molecule has 0 unspecified atom stereocenters. The molecule has 9 aromatic carbocycles. The van der Waals surface area contributed by atoms with Crippen molar-refractivity contribution in [2.24, 2.45) is 0 Å². The Bertz CT molecular complexity index is 3180. The first-order valence-corrected chi connectivity index (χ1v) is 18.7. The van der Waals surface area contributed by atoms with E-state index in [1.807, 2.05) is 18.2 Å². The molecule has 11 rings (SSSR count). The molecular formula is C52H33NO2. The second-order valence-electron chi connectivity index (χ2n) is 14.1. The third-order valence-electron chi connectivity index (χ3n) is 10.9. The Balaban J connectivity index is 0.986.